The summed E-state index contributed by atoms with van der Waals surface area (Å²) in [5.41, 5.74) is 3.55. The average Bonchev–Trinajstić information content (AvgIpc) is 3.20. The van der Waals surface area contributed by atoms with Gasteiger partial charge in [-0.2, -0.15) is 0 Å². The molecule has 5 nitrogen and oxygen atoms in total. The first-order chi connectivity index (χ1) is 15.6. The monoisotopic (exact) mass is 451 g/mol. The minimum Gasteiger partial charge on any atom is -0.494 e. The van der Waals surface area contributed by atoms with Gasteiger partial charge >= 0.3 is 0 Å². The summed E-state index contributed by atoms with van der Waals surface area (Å²) in [5, 5.41) is 3.62. The number of hydrogen-bond acceptors (Lipinski definition) is 5. The third kappa shape index (κ3) is 6.30. The number of amides is 1. The van der Waals surface area contributed by atoms with Gasteiger partial charge in [0, 0.05) is 13.0 Å². The Morgan fingerprint density at radius 1 is 1.16 bits per heavy atom. The normalized spacial score (nSPS) is 15.2. The second kappa shape index (κ2) is 10.9. The lowest BCUT2D eigenvalue weighted by Gasteiger charge is -2.30. The number of rotatable bonds is 9. The largest absolute Gasteiger partial charge is 0.494 e. The van der Waals surface area contributed by atoms with Crippen LogP contribution in [0.1, 0.15) is 50.7 Å². The van der Waals surface area contributed by atoms with Crippen LogP contribution in [0.3, 0.4) is 0 Å². The van der Waals surface area contributed by atoms with Crippen molar-refractivity contribution in [1.82, 2.24) is 9.88 Å². The summed E-state index contributed by atoms with van der Waals surface area (Å²) in [6.45, 7) is 8.35. The molecule has 0 atom stereocenters. The number of anilines is 1. The van der Waals surface area contributed by atoms with E-state index in [2.05, 4.69) is 59.4 Å². The van der Waals surface area contributed by atoms with E-state index in [9.17, 15) is 4.79 Å². The van der Waals surface area contributed by atoms with E-state index in [1.807, 2.05) is 12.1 Å². The smallest absolute Gasteiger partial charge is 0.226 e. The number of aryl methyl sites for hydroxylation is 1. The Hall–Kier alpha value is -2.44. The van der Waals surface area contributed by atoms with Gasteiger partial charge in [-0.05, 0) is 80.1 Å². The zero-order valence-electron chi connectivity index (χ0n) is 19.1. The van der Waals surface area contributed by atoms with Crippen molar-refractivity contribution in [1.29, 1.82) is 0 Å². The highest BCUT2D eigenvalue weighted by molar-refractivity contribution is 7.22. The van der Waals surface area contributed by atoms with Crippen LogP contribution >= 0.6 is 11.3 Å². The molecule has 170 valence electrons. The lowest BCUT2D eigenvalue weighted by molar-refractivity contribution is -0.116. The number of aromatic nitrogens is 1. The number of ether oxygens (including phenoxy) is 1. The number of likely N-dealkylation sites (tertiary alicyclic amines) is 1. The summed E-state index contributed by atoms with van der Waals surface area (Å²) < 4.78 is 6.87. The second-order valence-corrected chi connectivity index (χ2v) is 9.81. The van der Waals surface area contributed by atoms with Gasteiger partial charge < -0.3 is 10.1 Å². The SMILES string of the molecule is CCc1ccc(OCCCC(=O)Nc2nc3ccc(CN4CCC(C)CC4)cc3s2)cc1. The summed E-state index contributed by atoms with van der Waals surface area (Å²) >= 11 is 1.55. The zero-order chi connectivity index (χ0) is 22.3. The van der Waals surface area contributed by atoms with E-state index in [-0.39, 0.29) is 5.91 Å². The number of nitrogens with zero attached hydrogens (tertiary/aromatic N) is 2. The molecule has 4 rings (SSSR count). The molecule has 6 heteroatoms. The number of carbonyl (C=O) groups excluding carboxylic acids is 1. The predicted molar refractivity (Wildman–Crippen MR) is 132 cm³/mol. The van der Waals surface area contributed by atoms with Crippen LogP contribution in [0.4, 0.5) is 5.13 Å². The molecule has 0 saturated carbocycles. The highest BCUT2D eigenvalue weighted by atomic mass is 32.1. The van der Waals surface area contributed by atoms with Crippen molar-refractivity contribution >= 4 is 32.6 Å². The Kier molecular flexibility index (Phi) is 7.76. The fourth-order valence-corrected chi connectivity index (χ4v) is 4.97. The van der Waals surface area contributed by atoms with Crippen LogP contribution in [0.15, 0.2) is 42.5 Å². The summed E-state index contributed by atoms with van der Waals surface area (Å²) in [6.07, 6.45) is 4.68. The van der Waals surface area contributed by atoms with Crippen LogP contribution in [-0.2, 0) is 17.8 Å². The molecule has 1 N–H and O–H groups in total. The first-order valence-corrected chi connectivity index (χ1v) is 12.5. The molecule has 1 fully saturated rings. The quantitative estimate of drug-likeness (QED) is 0.412. The van der Waals surface area contributed by atoms with Crippen molar-refractivity contribution in [2.24, 2.45) is 5.92 Å². The summed E-state index contributed by atoms with van der Waals surface area (Å²) in [5.74, 6) is 1.68. The molecule has 1 aliphatic heterocycles. The molecule has 1 aliphatic rings. The van der Waals surface area contributed by atoms with E-state index in [1.165, 1.54) is 37.1 Å². The van der Waals surface area contributed by atoms with Gasteiger partial charge in [-0.15, -0.1) is 0 Å². The number of hydrogen-bond donors (Lipinski definition) is 1. The molecule has 0 aliphatic carbocycles. The van der Waals surface area contributed by atoms with E-state index < -0.39 is 0 Å². The fourth-order valence-electron chi connectivity index (χ4n) is 4.03. The molecule has 0 spiro atoms. The zero-order valence-corrected chi connectivity index (χ0v) is 19.9. The Labute approximate surface area is 194 Å². The standard InChI is InChI=1S/C26H33N3O2S/c1-3-20-6-9-22(10-7-20)31-16-4-5-25(30)28-26-27-23-11-8-21(17-24(23)32-26)18-29-14-12-19(2)13-15-29/h6-11,17,19H,3-5,12-16,18H2,1-2H3,(H,27,28,30). The maximum atomic E-state index is 12.3. The Balaban J connectivity index is 1.23. The van der Waals surface area contributed by atoms with Gasteiger partial charge in [-0.1, -0.05) is 43.4 Å². The van der Waals surface area contributed by atoms with E-state index in [4.69, 9.17) is 4.74 Å². The van der Waals surface area contributed by atoms with Gasteiger partial charge in [0.25, 0.3) is 0 Å². The molecule has 3 aromatic rings. The molecule has 0 bridgehead atoms. The van der Waals surface area contributed by atoms with E-state index in [0.717, 1.165) is 34.8 Å². The Morgan fingerprint density at radius 3 is 2.66 bits per heavy atom. The molecule has 32 heavy (non-hydrogen) atoms. The molecule has 0 unspecified atom stereocenters. The second-order valence-electron chi connectivity index (χ2n) is 8.78. The molecule has 1 saturated heterocycles. The lowest BCUT2D eigenvalue weighted by Crippen LogP contribution is -2.32. The van der Waals surface area contributed by atoms with Gasteiger partial charge in [-0.25, -0.2) is 4.98 Å². The minimum absolute atomic E-state index is 0.0170. The number of fused-ring (bicyclic) bond motifs is 1. The lowest BCUT2D eigenvalue weighted by atomic mass is 9.99. The fraction of sp³-hybridized carbons (Fsp3) is 0.462. The number of benzene rings is 2. The van der Waals surface area contributed by atoms with E-state index >= 15 is 0 Å². The summed E-state index contributed by atoms with van der Waals surface area (Å²) in [4.78, 5) is 19.5. The number of nitrogens with one attached hydrogen (secondary N) is 1. The average molecular weight is 452 g/mol. The summed E-state index contributed by atoms with van der Waals surface area (Å²) in [7, 11) is 0. The van der Waals surface area contributed by atoms with Crippen molar-refractivity contribution < 1.29 is 9.53 Å². The van der Waals surface area contributed by atoms with E-state index in [0.29, 0.717) is 24.6 Å². The van der Waals surface area contributed by atoms with Crippen LogP contribution in [0, 0.1) is 5.92 Å². The van der Waals surface area contributed by atoms with Crippen LogP contribution in [0.2, 0.25) is 0 Å². The maximum absolute atomic E-state index is 12.3. The molecule has 0 radical (unpaired) electrons. The van der Waals surface area contributed by atoms with Crippen molar-refractivity contribution in [3.63, 3.8) is 0 Å². The minimum atomic E-state index is -0.0170. The summed E-state index contributed by atoms with van der Waals surface area (Å²) in [6, 6.07) is 14.6. The topological polar surface area (TPSA) is 54.5 Å². The van der Waals surface area contributed by atoms with Crippen molar-refractivity contribution in [3.05, 3.63) is 53.6 Å². The Bertz CT molecular complexity index is 1020. The van der Waals surface area contributed by atoms with Crippen LogP contribution < -0.4 is 10.1 Å². The maximum Gasteiger partial charge on any atom is 0.226 e. The number of thiazole rings is 1. The highest BCUT2D eigenvalue weighted by Crippen LogP contribution is 2.28. The molecular weight excluding hydrogens is 418 g/mol. The molecule has 2 heterocycles. The van der Waals surface area contributed by atoms with Gasteiger partial charge in [0.1, 0.15) is 5.75 Å². The van der Waals surface area contributed by atoms with Gasteiger partial charge in [0.15, 0.2) is 5.13 Å². The van der Waals surface area contributed by atoms with Crippen LogP contribution in [0.25, 0.3) is 10.2 Å². The van der Waals surface area contributed by atoms with Crippen molar-refractivity contribution in [2.75, 3.05) is 25.0 Å². The Morgan fingerprint density at radius 2 is 1.91 bits per heavy atom. The molecule has 1 amide bonds. The van der Waals surface area contributed by atoms with E-state index in [1.54, 1.807) is 11.3 Å². The molecule has 1 aromatic heterocycles. The van der Waals surface area contributed by atoms with Crippen molar-refractivity contribution in [3.8, 4) is 5.75 Å². The van der Waals surface area contributed by atoms with Crippen molar-refractivity contribution in [2.45, 2.75) is 52.5 Å². The predicted octanol–water partition coefficient (Wildman–Crippen LogP) is 5.89. The first-order valence-electron chi connectivity index (χ1n) is 11.7. The van der Waals surface area contributed by atoms with Crippen LogP contribution in [0.5, 0.6) is 5.75 Å². The number of carbonyl (C=O) groups is 1. The third-order valence-electron chi connectivity index (χ3n) is 6.13. The molecule has 2 aromatic carbocycles. The first kappa shape index (κ1) is 22.7. The van der Waals surface area contributed by atoms with Gasteiger partial charge in [0.05, 0.1) is 16.8 Å². The third-order valence-corrected chi connectivity index (χ3v) is 7.06. The number of piperidine rings is 1. The van der Waals surface area contributed by atoms with Gasteiger partial charge in [-0.3, -0.25) is 9.69 Å². The van der Waals surface area contributed by atoms with Gasteiger partial charge in [0.2, 0.25) is 5.91 Å². The highest BCUT2D eigenvalue weighted by Gasteiger charge is 2.16. The molecular formula is C26H33N3O2S. The van der Waals surface area contributed by atoms with Crippen LogP contribution in [-0.4, -0.2) is 35.5 Å².